The molecule has 1 N–H and O–H groups in total. The minimum atomic E-state index is -0.873. The van der Waals surface area contributed by atoms with Crippen molar-refractivity contribution in [2.24, 2.45) is 0 Å². The average molecular weight is 304 g/mol. The van der Waals surface area contributed by atoms with E-state index in [1.54, 1.807) is 0 Å². The fourth-order valence-corrected chi connectivity index (χ4v) is 2.56. The van der Waals surface area contributed by atoms with E-state index in [0.717, 1.165) is 6.07 Å². The number of amides is 1. The van der Waals surface area contributed by atoms with Crippen molar-refractivity contribution in [3.05, 3.63) is 34.9 Å². The summed E-state index contributed by atoms with van der Waals surface area (Å²) in [7, 11) is 0. The Morgan fingerprint density at radius 2 is 2.05 bits per heavy atom. The van der Waals surface area contributed by atoms with Gasteiger partial charge in [0.2, 0.25) is 0 Å². The van der Waals surface area contributed by atoms with E-state index in [-0.39, 0.29) is 11.4 Å². The van der Waals surface area contributed by atoms with Gasteiger partial charge < -0.3 is 10.1 Å². The number of ether oxygens (including phenoxy) is 1. The highest BCUT2D eigenvalue weighted by Crippen LogP contribution is 2.24. The quantitative estimate of drug-likeness (QED) is 0.872. The summed E-state index contributed by atoms with van der Waals surface area (Å²) in [4.78, 5) is 12.2. The molecule has 2 rings (SSSR count). The molecule has 20 heavy (non-hydrogen) atoms. The molecular weight excluding hydrogens is 288 g/mol. The monoisotopic (exact) mass is 303 g/mol. The Morgan fingerprint density at radius 3 is 2.65 bits per heavy atom. The van der Waals surface area contributed by atoms with Crippen LogP contribution in [-0.2, 0) is 4.74 Å². The van der Waals surface area contributed by atoms with Gasteiger partial charge >= 0.3 is 0 Å². The summed E-state index contributed by atoms with van der Waals surface area (Å²) in [5.41, 5.74) is -0.996. The topological polar surface area (TPSA) is 38.3 Å². The molecule has 0 aliphatic carbocycles. The first-order valence-electron chi connectivity index (χ1n) is 6.40. The minimum Gasteiger partial charge on any atom is -0.381 e. The van der Waals surface area contributed by atoms with Crippen LogP contribution in [0.5, 0.6) is 0 Å². The molecule has 6 heteroatoms. The van der Waals surface area contributed by atoms with Gasteiger partial charge in [-0.05, 0) is 31.4 Å². The summed E-state index contributed by atoms with van der Waals surface area (Å²) in [6.45, 7) is 2.41. The number of hydrogen-bond donors (Lipinski definition) is 1. The number of alkyl halides is 1. The van der Waals surface area contributed by atoms with E-state index < -0.39 is 28.6 Å². The number of hydrogen-bond acceptors (Lipinski definition) is 2. The van der Waals surface area contributed by atoms with Crippen molar-refractivity contribution in [3.63, 3.8) is 0 Å². The average Bonchev–Trinajstić information content (AvgIpc) is 2.44. The molecule has 1 heterocycles. The molecule has 110 valence electrons. The molecule has 0 radical (unpaired) electrons. The van der Waals surface area contributed by atoms with E-state index in [2.05, 4.69) is 5.32 Å². The molecule has 1 saturated heterocycles. The zero-order valence-electron chi connectivity index (χ0n) is 11.1. The van der Waals surface area contributed by atoms with Crippen LogP contribution in [0.1, 0.15) is 28.8 Å². The minimum absolute atomic E-state index is 0.178. The zero-order chi connectivity index (χ0) is 14.8. The lowest BCUT2D eigenvalue weighted by atomic mass is 9.91. The summed E-state index contributed by atoms with van der Waals surface area (Å²) >= 11 is 5.92. The van der Waals surface area contributed by atoms with Gasteiger partial charge in [-0.15, -0.1) is 11.6 Å². The number of carbonyl (C=O) groups is 1. The van der Waals surface area contributed by atoms with Crippen molar-refractivity contribution in [3.8, 4) is 0 Å². The van der Waals surface area contributed by atoms with Gasteiger partial charge in [0.05, 0.1) is 5.54 Å². The highest BCUT2D eigenvalue weighted by Gasteiger charge is 2.35. The second-order valence-corrected chi connectivity index (χ2v) is 5.30. The molecule has 1 aromatic rings. The molecule has 1 amide bonds. The van der Waals surface area contributed by atoms with E-state index >= 15 is 0 Å². The van der Waals surface area contributed by atoms with Crippen molar-refractivity contribution in [1.82, 2.24) is 5.32 Å². The number of halogens is 3. The number of aryl methyl sites for hydroxylation is 1. The summed E-state index contributed by atoms with van der Waals surface area (Å²) < 4.78 is 32.9. The second-order valence-electron chi connectivity index (χ2n) is 5.03. The van der Waals surface area contributed by atoms with Crippen LogP contribution in [-0.4, -0.2) is 30.5 Å². The number of rotatable bonds is 3. The molecule has 0 saturated carbocycles. The maximum Gasteiger partial charge on any atom is 0.257 e. The van der Waals surface area contributed by atoms with Gasteiger partial charge in [-0.25, -0.2) is 8.78 Å². The first-order chi connectivity index (χ1) is 9.49. The Labute approximate surface area is 121 Å². The fraction of sp³-hybridized carbons (Fsp3) is 0.500. The maximum absolute atomic E-state index is 13.9. The lowest BCUT2D eigenvalue weighted by molar-refractivity contribution is 0.0431. The van der Waals surface area contributed by atoms with Gasteiger partial charge in [-0.1, -0.05) is 6.07 Å². The first-order valence-corrected chi connectivity index (χ1v) is 6.93. The van der Waals surface area contributed by atoms with E-state index in [9.17, 15) is 13.6 Å². The molecule has 1 aliphatic rings. The Bertz CT molecular complexity index is 516. The van der Waals surface area contributed by atoms with Crippen LogP contribution in [0.15, 0.2) is 12.1 Å². The van der Waals surface area contributed by atoms with Crippen LogP contribution in [0.25, 0.3) is 0 Å². The van der Waals surface area contributed by atoms with Gasteiger partial charge in [-0.3, -0.25) is 4.79 Å². The largest absolute Gasteiger partial charge is 0.381 e. The van der Waals surface area contributed by atoms with E-state index in [0.29, 0.717) is 26.1 Å². The highest BCUT2D eigenvalue weighted by molar-refractivity contribution is 6.19. The first kappa shape index (κ1) is 15.2. The molecule has 0 unspecified atom stereocenters. The van der Waals surface area contributed by atoms with Crippen molar-refractivity contribution < 1.29 is 18.3 Å². The van der Waals surface area contributed by atoms with Gasteiger partial charge in [0.15, 0.2) is 0 Å². The number of benzene rings is 1. The van der Waals surface area contributed by atoms with Crippen molar-refractivity contribution in [2.75, 3.05) is 19.1 Å². The highest BCUT2D eigenvalue weighted by atomic mass is 35.5. The predicted octanol–water partition coefficient (Wildman–Crippen LogP) is 2.79. The summed E-state index contributed by atoms with van der Waals surface area (Å²) in [6.07, 6.45) is 1.05. The predicted molar refractivity (Wildman–Crippen MR) is 72.1 cm³/mol. The van der Waals surface area contributed by atoms with E-state index in [4.69, 9.17) is 16.3 Å². The SMILES string of the molecule is Cc1ccc(F)c(C(=O)NC2(CCl)CCOCC2)c1F. The smallest absolute Gasteiger partial charge is 0.257 e. The third kappa shape index (κ3) is 2.94. The molecule has 3 nitrogen and oxygen atoms in total. The molecule has 1 fully saturated rings. The van der Waals surface area contributed by atoms with E-state index in [1.807, 2.05) is 0 Å². The molecule has 1 aromatic carbocycles. The van der Waals surface area contributed by atoms with Crippen LogP contribution in [0.4, 0.5) is 8.78 Å². The second kappa shape index (κ2) is 6.06. The molecular formula is C14H16ClF2NO2. The van der Waals surface area contributed by atoms with Crippen molar-refractivity contribution >= 4 is 17.5 Å². The lowest BCUT2D eigenvalue weighted by Crippen LogP contribution is -2.53. The van der Waals surface area contributed by atoms with Gasteiger partial charge in [0, 0.05) is 19.1 Å². The van der Waals surface area contributed by atoms with E-state index in [1.165, 1.54) is 13.0 Å². The molecule has 0 aromatic heterocycles. The van der Waals surface area contributed by atoms with Gasteiger partial charge in [-0.2, -0.15) is 0 Å². The Balaban J connectivity index is 2.26. The standard InChI is InChI=1S/C14H16ClF2NO2/c1-9-2-3-10(16)11(12(9)17)13(19)18-14(8-15)4-6-20-7-5-14/h2-3H,4-8H2,1H3,(H,18,19). The molecule has 0 bridgehead atoms. The van der Waals surface area contributed by atoms with Crippen molar-refractivity contribution in [2.45, 2.75) is 25.3 Å². The van der Waals surface area contributed by atoms with Crippen LogP contribution >= 0.6 is 11.6 Å². The zero-order valence-corrected chi connectivity index (χ0v) is 11.9. The Kier molecular flexibility index (Phi) is 4.60. The lowest BCUT2D eigenvalue weighted by Gasteiger charge is -2.36. The third-order valence-electron chi connectivity index (χ3n) is 3.60. The summed E-state index contributed by atoms with van der Waals surface area (Å²) in [6, 6.07) is 2.39. The van der Waals surface area contributed by atoms with Crippen molar-refractivity contribution in [1.29, 1.82) is 0 Å². The Hall–Kier alpha value is -1.20. The molecule has 1 aliphatic heterocycles. The van der Waals surface area contributed by atoms with Gasteiger partial charge in [0.1, 0.15) is 17.2 Å². The van der Waals surface area contributed by atoms with Crippen LogP contribution in [0.2, 0.25) is 0 Å². The normalized spacial score (nSPS) is 17.8. The maximum atomic E-state index is 13.9. The summed E-state index contributed by atoms with van der Waals surface area (Å²) in [5.74, 6) is -2.30. The van der Waals surface area contributed by atoms with Crippen LogP contribution in [0, 0.1) is 18.6 Å². The van der Waals surface area contributed by atoms with Crippen LogP contribution < -0.4 is 5.32 Å². The number of nitrogens with one attached hydrogen (secondary N) is 1. The summed E-state index contributed by atoms with van der Waals surface area (Å²) in [5, 5.41) is 2.68. The van der Waals surface area contributed by atoms with Gasteiger partial charge in [0.25, 0.3) is 5.91 Å². The number of carbonyl (C=O) groups excluding carboxylic acids is 1. The fourth-order valence-electron chi connectivity index (χ4n) is 2.22. The third-order valence-corrected chi connectivity index (χ3v) is 4.11. The molecule has 0 atom stereocenters. The van der Waals surface area contributed by atoms with Crippen LogP contribution in [0.3, 0.4) is 0 Å². The molecule has 0 spiro atoms. The Morgan fingerprint density at radius 1 is 1.40 bits per heavy atom.